The molecule has 0 aromatic heterocycles. The van der Waals surface area contributed by atoms with E-state index >= 15 is 0 Å². The van der Waals surface area contributed by atoms with Gasteiger partial charge in [0.25, 0.3) is 0 Å². The predicted octanol–water partition coefficient (Wildman–Crippen LogP) is 3.88. The van der Waals surface area contributed by atoms with E-state index in [1.807, 2.05) is 36.4 Å². The molecule has 5 nitrogen and oxygen atoms in total. The van der Waals surface area contributed by atoms with Crippen molar-refractivity contribution in [1.82, 2.24) is 15.1 Å². The highest BCUT2D eigenvalue weighted by molar-refractivity contribution is 7.80. The molecular weight excluding hydrogens is 404 g/mol. The minimum absolute atomic E-state index is 0.0514. The fraction of sp³-hybridized carbons (Fsp3) is 0.364. The Labute approximate surface area is 183 Å². The van der Waals surface area contributed by atoms with Crippen LogP contribution in [0, 0.1) is 0 Å². The molecule has 154 valence electrons. The first-order valence-electron chi connectivity index (χ1n) is 9.86. The zero-order chi connectivity index (χ0) is 20.6. The summed E-state index contributed by atoms with van der Waals surface area (Å²) in [6, 6.07) is 15.9. The Bertz CT molecular complexity index is 843. The van der Waals surface area contributed by atoms with Gasteiger partial charge in [-0.3, -0.25) is 9.69 Å². The lowest BCUT2D eigenvalue weighted by atomic mass is 10.2. The number of rotatable bonds is 5. The van der Waals surface area contributed by atoms with Gasteiger partial charge < -0.3 is 15.5 Å². The Kier molecular flexibility index (Phi) is 7.86. The van der Waals surface area contributed by atoms with E-state index in [-0.39, 0.29) is 5.91 Å². The summed E-state index contributed by atoms with van der Waals surface area (Å²) >= 11 is 11.8. The summed E-state index contributed by atoms with van der Waals surface area (Å²) in [4.78, 5) is 15.8. The van der Waals surface area contributed by atoms with E-state index in [1.54, 1.807) is 0 Å². The number of anilines is 1. The summed E-state index contributed by atoms with van der Waals surface area (Å²) in [5, 5.41) is 7.69. The predicted molar refractivity (Wildman–Crippen MR) is 123 cm³/mol. The second kappa shape index (κ2) is 10.6. The molecule has 0 spiro atoms. The molecule has 1 saturated heterocycles. The molecule has 0 saturated carbocycles. The molecule has 2 aromatic rings. The van der Waals surface area contributed by atoms with Crippen molar-refractivity contribution in [1.29, 1.82) is 0 Å². The van der Waals surface area contributed by atoms with Gasteiger partial charge in [-0.1, -0.05) is 41.9 Å². The van der Waals surface area contributed by atoms with Crippen molar-refractivity contribution in [3.8, 4) is 0 Å². The van der Waals surface area contributed by atoms with E-state index in [0.717, 1.165) is 60.5 Å². The number of nitrogens with zero attached hydrogens (tertiary/aromatic N) is 2. The quantitative estimate of drug-likeness (QED) is 0.705. The van der Waals surface area contributed by atoms with Crippen LogP contribution in [0.15, 0.2) is 48.5 Å². The zero-order valence-corrected chi connectivity index (χ0v) is 18.2. The lowest BCUT2D eigenvalue weighted by molar-refractivity contribution is -0.114. The molecule has 1 fully saturated rings. The van der Waals surface area contributed by atoms with Crippen LogP contribution in [0.3, 0.4) is 0 Å². The van der Waals surface area contributed by atoms with E-state index in [1.165, 1.54) is 12.5 Å². The zero-order valence-electron chi connectivity index (χ0n) is 16.7. The molecule has 2 aromatic carbocycles. The topological polar surface area (TPSA) is 47.6 Å². The smallest absolute Gasteiger partial charge is 0.221 e. The number of benzene rings is 2. The van der Waals surface area contributed by atoms with E-state index in [2.05, 4.69) is 32.6 Å². The Morgan fingerprint density at radius 2 is 1.83 bits per heavy atom. The summed E-state index contributed by atoms with van der Waals surface area (Å²) < 4.78 is 0. The van der Waals surface area contributed by atoms with Crippen molar-refractivity contribution in [2.45, 2.75) is 26.4 Å². The average Bonchev–Trinajstić information content (AvgIpc) is 2.94. The molecule has 3 rings (SSSR count). The molecule has 1 aliphatic heterocycles. The second-order valence-corrected chi connectivity index (χ2v) is 8.04. The van der Waals surface area contributed by atoms with Crippen molar-refractivity contribution < 1.29 is 4.79 Å². The number of carbonyl (C=O) groups is 1. The van der Waals surface area contributed by atoms with Crippen LogP contribution in [0.1, 0.15) is 24.5 Å². The number of amides is 1. The number of halogens is 1. The van der Waals surface area contributed by atoms with Gasteiger partial charge in [0.1, 0.15) is 0 Å². The van der Waals surface area contributed by atoms with E-state index < -0.39 is 0 Å². The van der Waals surface area contributed by atoms with Crippen LogP contribution in [-0.2, 0) is 17.9 Å². The first-order valence-corrected chi connectivity index (χ1v) is 10.6. The number of carbonyl (C=O) groups excluding carboxylic acids is 1. The average molecular weight is 431 g/mol. The molecule has 7 heteroatoms. The van der Waals surface area contributed by atoms with Gasteiger partial charge in [-0.05, 0) is 48.0 Å². The third-order valence-electron chi connectivity index (χ3n) is 4.94. The molecular formula is C22H27ClN4OS. The first-order chi connectivity index (χ1) is 14.0. The summed E-state index contributed by atoms with van der Waals surface area (Å²) in [6.45, 7) is 6.90. The van der Waals surface area contributed by atoms with E-state index in [9.17, 15) is 4.79 Å². The molecule has 0 bridgehead atoms. The molecule has 1 amide bonds. The molecule has 1 heterocycles. The molecule has 1 aliphatic rings. The summed E-state index contributed by atoms with van der Waals surface area (Å²) in [7, 11) is 0. The van der Waals surface area contributed by atoms with Crippen LogP contribution in [0.2, 0.25) is 5.02 Å². The highest BCUT2D eigenvalue weighted by Gasteiger charge is 2.17. The van der Waals surface area contributed by atoms with Crippen LogP contribution >= 0.6 is 23.8 Å². The SMILES string of the molecule is CC(=O)Nc1ccc(CN2CCCN(C(=S)NCc3ccccc3Cl)CC2)cc1. The Morgan fingerprint density at radius 3 is 2.55 bits per heavy atom. The van der Waals surface area contributed by atoms with E-state index in [0.29, 0.717) is 6.54 Å². The van der Waals surface area contributed by atoms with E-state index in [4.69, 9.17) is 23.8 Å². The third-order valence-corrected chi connectivity index (χ3v) is 5.72. The van der Waals surface area contributed by atoms with Crippen LogP contribution in [0.4, 0.5) is 5.69 Å². The maximum absolute atomic E-state index is 11.1. The first kappa shape index (κ1) is 21.6. The summed E-state index contributed by atoms with van der Waals surface area (Å²) in [5.74, 6) is -0.0514. The largest absolute Gasteiger partial charge is 0.358 e. The fourth-order valence-corrected chi connectivity index (χ4v) is 3.87. The van der Waals surface area contributed by atoms with Crippen LogP contribution in [0.5, 0.6) is 0 Å². The number of hydrogen-bond acceptors (Lipinski definition) is 3. The normalized spacial score (nSPS) is 14.9. The minimum Gasteiger partial charge on any atom is -0.358 e. The second-order valence-electron chi connectivity index (χ2n) is 7.24. The van der Waals surface area contributed by atoms with Crippen molar-refractivity contribution in [3.05, 3.63) is 64.7 Å². The lowest BCUT2D eigenvalue weighted by Crippen LogP contribution is -2.41. The highest BCUT2D eigenvalue weighted by atomic mass is 35.5. The Morgan fingerprint density at radius 1 is 1.07 bits per heavy atom. The van der Waals surface area contributed by atoms with Gasteiger partial charge in [-0.15, -0.1) is 0 Å². The Balaban J connectivity index is 1.47. The fourth-order valence-electron chi connectivity index (χ4n) is 3.41. The maximum atomic E-state index is 11.1. The number of hydrogen-bond donors (Lipinski definition) is 2. The Hall–Kier alpha value is -2.15. The standard InChI is InChI=1S/C22H27ClN4OS/c1-17(28)25-20-9-7-18(8-10-20)16-26-11-4-12-27(14-13-26)22(29)24-15-19-5-2-3-6-21(19)23/h2-3,5-10H,4,11-16H2,1H3,(H,24,29)(H,25,28). The van der Waals surface area contributed by atoms with Crippen LogP contribution in [-0.4, -0.2) is 47.0 Å². The molecule has 0 unspecified atom stereocenters. The van der Waals surface area contributed by atoms with Gasteiger partial charge in [0.15, 0.2) is 5.11 Å². The van der Waals surface area contributed by atoms with Crippen molar-refractivity contribution in [3.63, 3.8) is 0 Å². The van der Waals surface area contributed by atoms with Crippen molar-refractivity contribution in [2.75, 3.05) is 31.5 Å². The summed E-state index contributed by atoms with van der Waals surface area (Å²) in [6.07, 6.45) is 1.07. The van der Waals surface area contributed by atoms with Gasteiger partial charge in [0.05, 0.1) is 0 Å². The molecule has 29 heavy (non-hydrogen) atoms. The van der Waals surface area contributed by atoms with Gasteiger partial charge >= 0.3 is 0 Å². The van der Waals surface area contributed by atoms with Crippen molar-refractivity contribution >= 4 is 40.5 Å². The monoisotopic (exact) mass is 430 g/mol. The molecule has 0 atom stereocenters. The van der Waals surface area contributed by atoms with Crippen LogP contribution < -0.4 is 10.6 Å². The molecule has 0 aliphatic carbocycles. The highest BCUT2D eigenvalue weighted by Crippen LogP contribution is 2.15. The van der Waals surface area contributed by atoms with Crippen LogP contribution in [0.25, 0.3) is 0 Å². The number of nitrogens with one attached hydrogen (secondary N) is 2. The molecule has 2 N–H and O–H groups in total. The van der Waals surface area contributed by atoms with Gasteiger partial charge in [-0.2, -0.15) is 0 Å². The number of thiocarbonyl (C=S) groups is 1. The lowest BCUT2D eigenvalue weighted by Gasteiger charge is -2.25. The summed E-state index contributed by atoms with van der Waals surface area (Å²) in [5.41, 5.74) is 3.13. The van der Waals surface area contributed by atoms with Crippen molar-refractivity contribution in [2.24, 2.45) is 0 Å². The third kappa shape index (κ3) is 6.70. The maximum Gasteiger partial charge on any atom is 0.221 e. The van der Waals surface area contributed by atoms with Gasteiger partial charge in [0, 0.05) is 56.9 Å². The molecule has 0 radical (unpaired) electrons. The minimum atomic E-state index is -0.0514. The van der Waals surface area contributed by atoms with Gasteiger partial charge in [0.2, 0.25) is 5.91 Å². The van der Waals surface area contributed by atoms with Gasteiger partial charge in [-0.25, -0.2) is 0 Å².